The summed E-state index contributed by atoms with van der Waals surface area (Å²) in [4.78, 5) is 29.0. The molecule has 1 heterocycles. The summed E-state index contributed by atoms with van der Waals surface area (Å²) in [5, 5.41) is 17.8. The average molecular weight is 655 g/mol. The van der Waals surface area contributed by atoms with Crippen molar-refractivity contribution in [1.29, 1.82) is 0 Å². The minimum Gasteiger partial charge on any atom is -0.490 e. The Morgan fingerprint density at radius 3 is 2.57 bits per heavy atom. The van der Waals surface area contributed by atoms with E-state index in [1.165, 1.54) is 11.4 Å². The molecule has 4 atom stereocenters. The van der Waals surface area contributed by atoms with Crippen molar-refractivity contribution in [2.45, 2.75) is 58.3 Å². The van der Waals surface area contributed by atoms with Crippen molar-refractivity contribution < 1.29 is 32.6 Å². The molecule has 0 unspecified atom stereocenters. The second kappa shape index (κ2) is 15.7. The van der Waals surface area contributed by atoms with Crippen LogP contribution >= 0.6 is 0 Å². The third-order valence-electron chi connectivity index (χ3n) is 8.35. The van der Waals surface area contributed by atoms with E-state index < -0.39 is 28.2 Å². The Hall–Kier alpha value is -3.71. The van der Waals surface area contributed by atoms with Crippen LogP contribution < -0.4 is 15.4 Å². The quantitative estimate of drug-likeness (QED) is 0.320. The number of nitrogens with one attached hydrogen (secondary N) is 2. The van der Waals surface area contributed by atoms with Crippen molar-refractivity contribution in [3.8, 4) is 5.75 Å². The molecule has 1 aliphatic heterocycles. The Kier molecular flexibility index (Phi) is 12.0. The number of ether oxygens (including phenoxy) is 2. The number of carbonyl (C=O) groups excluding carboxylic acids is 2. The molecule has 0 saturated carbocycles. The van der Waals surface area contributed by atoms with Crippen LogP contribution in [0.4, 0.5) is 16.2 Å². The van der Waals surface area contributed by atoms with Crippen LogP contribution in [-0.4, -0.2) is 92.5 Å². The Bertz CT molecular complexity index is 1610. The number of hydrogen-bond donors (Lipinski definition) is 3. The lowest BCUT2D eigenvalue weighted by Crippen LogP contribution is -2.47. The molecular formula is C34H46N4O7S. The molecule has 0 saturated heterocycles. The lowest BCUT2D eigenvalue weighted by molar-refractivity contribution is -0.00828. The number of hydrogen-bond acceptors (Lipinski definition) is 7. The van der Waals surface area contributed by atoms with E-state index in [1.54, 1.807) is 30.0 Å². The van der Waals surface area contributed by atoms with Gasteiger partial charge in [-0.05, 0) is 62.8 Å². The summed E-state index contributed by atoms with van der Waals surface area (Å²) in [6.07, 6.45) is 2.74. The lowest BCUT2D eigenvalue weighted by atomic mass is 10.0. The van der Waals surface area contributed by atoms with Gasteiger partial charge in [-0.1, -0.05) is 43.3 Å². The number of nitrogens with zero attached hydrogens (tertiary/aromatic N) is 2. The number of benzene rings is 3. The van der Waals surface area contributed by atoms with Crippen LogP contribution in [0.25, 0.3) is 10.8 Å². The molecule has 12 heteroatoms. The molecule has 0 bridgehead atoms. The van der Waals surface area contributed by atoms with Gasteiger partial charge in [0.2, 0.25) is 10.0 Å². The van der Waals surface area contributed by atoms with Gasteiger partial charge in [0.1, 0.15) is 5.75 Å². The normalized spacial score (nSPS) is 20.8. The number of aliphatic hydroxyl groups is 1. The van der Waals surface area contributed by atoms with Crippen molar-refractivity contribution in [1.82, 2.24) is 9.21 Å². The number of aliphatic hydroxyl groups excluding tert-OH is 1. The molecular weight excluding hydrogens is 608 g/mol. The maximum Gasteiger partial charge on any atom is 0.323 e. The number of carbonyl (C=O) groups is 2. The maximum absolute atomic E-state index is 14.3. The van der Waals surface area contributed by atoms with Crippen molar-refractivity contribution in [3.05, 3.63) is 66.2 Å². The first-order valence-electron chi connectivity index (χ1n) is 15.7. The molecule has 3 amide bonds. The summed E-state index contributed by atoms with van der Waals surface area (Å²) < 4.78 is 38.1. The van der Waals surface area contributed by atoms with E-state index >= 15 is 0 Å². The Morgan fingerprint density at radius 2 is 1.83 bits per heavy atom. The summed E-state index contributed by atoms with van der Waals surface area (Å²) in [7, 11) is -1.94. The number of sulfonamides is 1. The van der Waals surface area contributed by atoms with Crippen molar-refractivity contribution >= 4 is 44.1 Å². The minimum atomic E-state index is -3.45. The second-order valence-corrected chi connectivity index (χ2v) is 14.2. The van der Waals surface area contributed by atoms with Crippen LogP contribution in [0.2, 0.25) is 0 Å². The molecule has 46 heavy (non-hydrogen) atoms. The first-order valence-corrected chi connectivity index (χ1v) is 17.5. The molecule has 1 aliphatic rings. The molecule has 0 spiro atoms. The van der Waals surface area contributed by atoms with E-state index in [-0.39, 0.29) is 43.2 Å². The fraction of sp³-hybridized carbons (Fsp3) is 0.471. The van der Waals surface area contributed by atoms with Crippen LogP contribution in [0.15, 0.2) is 60.7 Å². The van der Waals surface area contributed by atoms with E-state index in [0.717, 1.165) is 29.9 Å². The summed E-state index contributed by atoms with van der Waals surface area (Å²) in [5.74, 6) is -0.288. The largest absolute Gasteiger partial charge is 0.490 e. The number of fused-ring (bicyclic) bond motifs is 2. The zero-order valence-electron chi connectivity index (χ0n) is 27.2. The minimum absolute atomic E-state index is 0.130. The van der Waals surface area contributed by atoms with Gasteiger partial charge in [-0.25, -0.2) is 17.5 Å². The topological polar surface area (TPSA) is 138 Å². The van der Waals surface area contributed by atoms with Gasteiger partial charge in [0.25, 0.3) is 5.91 Å². The van der Waals surface area contributed by atoms with E-state index in [9.17, 15) is 23.1 Å². The number of likely N-dealkylation sites (N-methyl/N-ethyl adjacent to an activating group) is 1. The summed E-state index contributed by atoms with van der Waals surface area (Å²) in [5.41, 5.74) is 1.28. The van der Waals surface area contributed by atoms with Gasteiger partial charge in [-0.2, -0.15) is 0 Å². The monoisotopic (exact) mass is 654 g/mol. The van der Waals surface area contributed by atoms with Crippen LogP contribution in [-0.2, 0) is 14.8 Å². The van der Waals surface area contributed by atoms with Gasteiger partial charge in [-0.3, -0.25) is 4.79 Å². The molecule has 11 nitrogen and oxygen atoms in total. The van der Waals surface area contributed by atoms with Gasteiger partial charge in [0.05, 0.1) is 42.4 Å². The van der Waals surface area contributed by atoms with E-state index in [2.05, 4.69) is 10.6 Å². The highest BCUT2D eigenvalue weighted by Crippen LogP contribution is 2.29. The number of rotatable bonds is 7. The van der Waals surface area contributed by atoms with Crippen molar-refractivity contribution in [3.63, 3.8) is 0 Å². The highest BCUT2D eigenvalue weighted by atomic mass is 32.2. The maximum atomic E-state index is 14.3. The first-order chi connectivity index (χ1) is 21.9. The predicted molar refractivity (Wildman–Crippen MR) is 181 cm³/mol. The van der Waals surface area contributed by atoms with Gasteiger partial charge >= 0.3 is 6.03 Å². The SMILES string of the molecule is C[C@@H]1CCCCO[C@@H](CN(C)S(C)(=O)=O)[C@H](C)CN([C@H](C)CO)C(=O)c2cc(NC(=O)Nc3cccc4ccccc34)ccc2O1. The molecule has 0 aliphatic carbocycles. The average Bonchev–Trinajstić information content (AvgIpc) is 3.02. The number of amides is 3. The zero-order valence-corrected chi connectivity index (χ0v) is 28.0. The van der Waals surface area contributed by atoms with Gasteiger partial charge < -0.3 is 30.1 Å². The number of urea groups is 1. The van der Waals surface area contributed by atoms with Gasteiger partial charge in [-0.15, -0.1) is 0 Å². The second-order valence-electron chi connectivity index (χ2n) is 12.2. The van der Waals surface area contributed by atoms with E-state index in [1.807, 2.05) is 56.3 Å². The predicted octanol–water partition coefficient (Wildman–Crippen LogP) is 5.17. The number of anilines is 2. The van der Waals surface area contributed by atoms with Crippen LogP contribution in [0, 0.1) is 5.92 Å². The standard InChI is InChI=1S/C34H46N4O7S/c1-23-20-38(24(2)22-39)33(40)29-19-27(35-34(41)36-30-15-10-13-26-12-6-7-14-28(26)30)16-17-31(29)45-25(3)11-8-9-18-44-32(23)21-37(4)46(5,42)43/h6-7,10,12-17,19,23-25,32,39H,8-9,11,18,20-22H2,1-5H3,(H2,35,36,41)/t23-,24-,25-,32+/m1/s1. The molecule has 4 rings (SSSR count). The molecule has 250 valence electrons. The fourth-order valence-corrected chi connectivity index (χ4v) is 5.89. The molecule has 0 fully saturated rings. The molecule has 3 aromatic carbocycles. The van der Waals surface area contributed by atoms with Crippen LogP contribution in [0.3, 0.4) is 0 Å². The summed E-state index contributed by atoms with van der Waals surface area (Å²) in [6, 6.07) is 17.3. The smallest absolute Gasteiger partial charge is 0.323 e. The third kappa shape index (κ3) is 9.18. The van der Waals surface area contributed by atoms with Gasteiger partial charge in [0.15, 0.2) is 0 Å². The molecule has 0 aromatic heterocycles. The van der Waals surface area contributed by atoms with Crippen molar-refractivity contribution in [2.75, 3.05) is 50.2 Å². The van der Waals surface area contributed by atoms with Crippen LogP contribution in [0.5, 0.6) is 5.75 Å². The molecule has 0 radical (unpaired) electrons. The Balaban J connectivity index is 1.64. The highest BCUT2D eigenvalue weighted by molar-refractivity contribution is 7.88. The fourth-order valence-electron chi connectivity index (χ4n) is 5.47. The Labute approximate surface area is 271 Å². The molecule has 3 aromatic rings. The lowest BCUT2D eigenvalue weighted by Gasteiger charge is -2.35. The zero-order chi connectivity index (χ0) is 33.4. The first kappa shape index (κ1) is 35.1. The van der Waals surface area contributed by atoms with Crippen molar-refractivity contribution in [2.24, 2.45) is 5.92 Å². The summed E-state index contributed by atoms with van der Waals surface area (Å²) in [6.45, 7) is 6.06. The van der Waals surface area contributed by atoms with Gasteiger partial charge in [0, 0.05) is 43.7 Å². The molecule has 3 N–H and O–H groups in total. The van der Waals surface area contributed by atoms with E-state index in [0.29, 0.717) is 30.2 Å². The third-order valence-corrected chi connectivity index (χ3v) is 9.63. The highest BCUT2D eigenvalue weighted by Gasteiger charge is 2.31. The van der Waals surface area contributed by atoms with E-state index in [4.69, 9.17) is 9.47 Å². The summed E-state index contributed by atoms with van der Waals surface area (Å²) >= 11 is 0. The van der Waals surface area contributed by atoms with Crippen LogP contribution in [0.1, 0.15) is 50.4 Å². The Morgan fingerprint density at radius 1 is 1.09 bits per heavy atom.